The number of fused-ring (bicyclic) bond motifs is 1. The summed E-state index contributed by atoms with van der Waals surface area (Å²) in [6, 6.07) is 5.95. The topological polar surface area (TPSA) is 16.1 Å². The summed E-state index contributed by atoms with van der Waals surface area (Å²) in [5.74, 6) is 1.61. The van der Waals surface area contributed by atoms with Gasteiger partial charge in [-0.15, -0.1) is 0 Å². The minimum atomic E-state index is 0.615. The van der Waals surface area contributed by atoms with Crippen LogP contribution in [0.1, 0.15) is 13.8 Å². The first-order valence-corrected chi connectivity index (χ1v) is 6.49. The average molecular weight is 255 g/mol. The van der Waals surface area contributed by atoms with Crippen molar-refractivity contribution in [1.82, 2.24) is 4.37 Å². The van der Waals surface area contributed by atoms with Gasteiger partial charge in [0.25, 0.3) is 0 Å². The van der Waals surface area contributed by atoms with Gasteiger partial charge >= 0.3 is 0 Å². The SMILES string of the molecule is CC(C)CN(C)c1nsc2cccc(Cl)c12. The summed E-state index contributed by atoms with van der Waals surface area (Å²) in [5.41, 5.74) is 0. The molecule has 0 aliphatic heterocycles. The van der Waals surface area contributed by atoms with E-state index in [0.29, 0.717) is 5.92 Å². The number of rotatable bonds is 3. The number of hydrogen-bond acceptors (Lipinski definition) is 3. The molecule has 2 aromatic rings. The lowest BCUT2D eigenvalue weighted by Gasteiger charge is -2.19. The third kappa shape index (κ3) is 2.15. The molecule has 0 N–H and O–H groups in total. The summed E-state index contributed by atoms with van der Waals surface area (Å²) in [7, 11) is 2.07. The molecule has 0 fully saturated rings. The molecule has 0 atom stereocenters. The standard InChI is InChI=1S/C12H15ClN2S/c1-8(2)7-15(3)12-11-9(13)5-4-6-10(11)16-14-12/h4-6,8H,7H2,1-3H3. The fraction of sp³-hybridized carbons (Fsp3) is 0.417. The molecule has 0 unspecified atom stereocenters. The Balaban J connectivity index is 2.45. The average Bonchev–Trinajstić information content (AvgIpc) is 2.61. The number of benzene rings is 1. The Labute approximate surface area is 105 Å². The van der Waals surface area contributed by atoms with E-state index in [2.05, 4.69) is 36.2 Å². The highest BCUT2D eigenvalue weighted by atomic mass is 35.5. The molecule has 0 saturated heterocycles. The molecule has 0 amide bonds. The Morgan fingerprint density at radius 1 is 1.44 bits per heavy atom. The van der Waals surface area contributed by atoms with E-state index in [9.17, 15) is 0 Å². The van der Waals surface area contributed by atoms with Crippen molar-refractivity contribution in [2.24, 2.45) is 5.92 Å². The molecule has 0 saturated carbocycles. The maximum Gasteiger partial charge on any atom is 0.151 e. The lowest BCUT2D eigenvalue weighted by atomic mass is 10.2. The van der Waals surface area contributed by atoms with E-state index < -0.39 is 0 Å². The molecule has 2 nitrogen and oxygen atoms in total. The molecule has 16 heavy (non-hydrogen) atoms. The van der Waals surface area contributed by atoms with Gasteiger partial charge in [-0.3, -0.25) is 0 Å². The van der Waals surface area contributed by atoms with Crippen molar-refractivity contribution in [3.8, 4) is 0 Å². The van der Waals surface area contributed by atoms with Crippen LogP contribution in [0.4, 0.5) is 5.82 Å². The number of aromatic nitrogens is 1. The Morgan fingerprint density at radius 2 is 2.19 bits per heavy atom. The first-order chi connectivity index (χ1) is 7.59. The molecule has 0 bridgehead atoms. The van der Waals surface area contributed by atoms with E-state index in [1.807, 2.05) is 12.1 Å². The van der Waals surface area contributed by atoms with Crippen LogP contribution in [0.5, 0.6) is 0 Å². The van der Waals surface area contributed by atoms with Gasteiger partial charge in [0.05, 0.1) is 15.1 Å². The van der Waals surface area contributed by atoms with Crippen molar-refractivity contribution in [3.63, 3.8) is 0 Å². The highest BCUT2D eigenvalue weighted by Gasteiger charge is 2.13. The first-order valence-electron chi connectivity index (χ1n) is 5.34. The molecule has 2 rings (SSSR count). The highest BCUT2D eigenvalue weighted by Crippen LogP contribution is 2.34. The van der Waals surface area contributed by atoms with Gasteiger partial charge in [0.15, 0.2) is 5.82 Å². The molecule has 4 heteroatoms. The third-order valence-corrected chi connectivity index (χ3v) is 3.55. The Morgan fingerprint density at radius 3 is 2.88 bits per heavy atom. The molecule has 0 aliphatic carbocycles. The van der Waals surface area contributed by atoms with E-state index in [4.69, 9.17) is 11.6 Å². The predicted octanol–water partition coefficient (Wildman–Crippen LogP) is 4.04. The maximum absolute atomic E-state index is 6.22. The fourth-order valence-electron chi connectivity index (χ4n) is 1.83. The van der Waals surface area contributed by atoms with Crippen molar-refractivity contribution in [1.29, 1.82) is 0 Å². The predicted molar refractivity (Wildman–Crippen MR) is 72.7 cm³/mol. The van der Waals surface area contributed by atoms with E-state index in [1.165, 1.54) is 11.5 Å². The van der Waals surface area contributed by atoms with Gasteiger partial charge < -0.3 is 4.90 Å². The Kier molecular flexibility index (Phi) is 3.36. The summed E-state index contributed by atoms with van der Waals surface area (Å²) < 4.78 is 5.64. The van der Waals surface area contributed by atoms with Crippen LogP contribution < -0.4 is 4.90 Å². The number of nitrogens with zero attached hydrogens (tertiary/aromatic N) is 2. The zero-order valence-electron chi connectivity index (χ0n) is 9.70. The molecular weight excluding hydrogens is 240 g/mol. The van der Waals surface area contributed by atoms with E-state index in [1.54, 1.807) is 0 Å². The molecule has 0 spiro atoms. The second-order valence-electron chi connectivity index (χ2n) is 4.39. The second kappa shape index (κ2) is 4.60. The van der Waals surface area contributed by atoms with Crippen LogP contribution in [0.3, 0.4) is 0 Å². The summed E-state index contributed by atoms with van der Waals surface area (Å²) in [5, 5.41) is 1.87. The maximum atomic E-state index is 6.22. The van der Waals surface area contributed by atoms with Crippen molar-refractivity contribution in [2.75, 3.05) is 18.5 Å². The number of hydrogen-bond donors (Lipinski definition) is 0. The monoisotopic (exact) mass is 254 g/mol. The van der Waals surface area contributed by atoms with Crippen LogP contribution in [0.15, 0.2) is 18.2 Å². The minimum absolute atomic E-state index is 0.615. The van der Waals surface area contributed by atoms with Crippen LogP contribution in [-0.2, 0) is 0 Å². The largest absolute Gasteiger partial charge is 0.358 e. The lowest BCUT2D eigenvalue weighted by Crippen LogP contribution is -2.22. The van der Waals surface area contributed by atoms with Crippen LogP contribution >= 0.6 is 23.1 Å². The molecule has 1 aromatic carbocycles. The van der Waals surface area contributed by atoms with E-state index in [0.717, 1.165) is 27.5 Å². The summed E-state index contributed by atoms with van der Waals surface area (Å²) in [6.07, 6.45) is 0. The zero-order chi connectivity index (χ0) is 11.7. The van der Waals surface area contributed by atoms with Gasteiger partial charge in [-0.2, -0.15) is 4.37 Å². The van der Waals surface area contributed by atoms with Gasteiger partial charge in [-0.05, 0) is 29.6 Å². The van der Waals surface area contributed by atoms with Gasteiger partial charge in [0.1, 0.15) is 0 Å². The van der Waals surface area contributed by atoms with Crippen LogP contribution in [-0.4, -0.2) is 18.0 Å². The molecule has 1 aromatic heterocycles. The smallest absolute Gasteiger partial charge is 0.151 e. The number of anilines is 1. The Bertz CT molecular complexity index is 493. The van der Waals surface area contributed by atoms with Gasteiger partial charge in [0.2, 0.25) is 0 Å². The van der Waals surface area contributed by atoms with Crippen molar-refractivity contribution in [3.05, 3.63) is 23.2 Å². The highest BCUT2D eigenvalue weighted by molar-refractivity contribution is 7.13. The molecule has 1 heterocycles. The molecule has 86 valence electrons. The van der Waals surface area contributed by atoms with E-state index in [-0.39, 0.29) is 0 Å². The van der Waals surface area contributed by atoms with Gasteiger partial charge in [-0.1, -0.05) is 31.5 Å². The molecule has 0 aliphatic rings. The molecular formula is C12H15ClN2S. The van der Waals surface area contributed by atoms with Crippen LogP contribution in [0.2, 0.25) is 5.02 Å². The van der Waals surface area contributed by atoms with Crippen molar-refractivity contribution < 1.29 is 0 Å². The zero-order valence-corrected chi connectivity index (χ0v) is 11.3. The van der Waals surface area contributed by atoms with Gasteiger partial charge in [-0.25, -0.2) is 0 Å². The van der Waals surface area contributed by atoms with Gasteiger partial charge in [0, 0.05) is 13.6 Å². The van der Waals surface area contributed by atoms with E-state index >= 15 is 0 Å². The quantitative estimate of drug-likeness (QED) is 0.822. The summed E-state index contributed by atoms with van der Waals surface area (Å²) >= 11 is 7.73. The Hall–Kier alpha value is -0.800. The van der Waals surface area contributed by atoms with Crippen molar-refractivity contribution >= 4 is 39.0 Å². The lowest BCUT2D eigenvalue weighted by molar-refractivity contribution is 0.637. The van der Waals surface area contributed by atoms with Crippen molar-refractivity contribution in [2.45, 2.75) is 13.8 Å². The second-order valence-corrected chi connectivity index (χ2v) is 5.61. The van der Waals surface area contributed by atoms with Crippen LogP contribution in [0, 0.1) is 5.92 Å². The number of halogens is 1. The summed E-state index contributed by atoms with van der Waals surface area (Å²) in [6.45, 7) is 5.39. The normalized spacial score (nSPS) is 11.3. The fourth-order valence-corrected chi connectivity index (χ4v) is 2.99. The third-order valence-electron chi connectivity index (χ3n) is 2.43. The molecule has 0 radical (unpaired) electrons. The first kappa shape index (κ1) is 11.7. The minimum Gasteiger partial charge on any atom is -0.358 e. The van der Waals surface area contributed by atoms with Crippen LogP contribution in [0.25, 0.3) is 10.1 Å². The summed E-state index contributed by atoms with van der Waals surface area (Å²) in [4.78, 5) is 2.18.